The first kappa shape index (κ1) is 18.3. The molecule has 2 heterocycles. The van der Waals surface area contributed by atoms with Gasteiger partial charge in [0.2, 0.25) is 0 Å². The van der Waals surface area contributed by atoms with E-state index in [-0.39, 0.29) is 5.83 Å². The minimum atomic E-state index is -4.42. The molecule has 0 unspecified atom stereocenters. The number of imidazole rings is 1. The summed E-state index contributed by atoms with van der Waals surface area (Å²) in [5.74, 6) is 1.05. The molecule has 0 bridgehead atoms. The van der Waals surface area contributed by atoms with Crippen LogP contribution in [0.15, 0.2) is 58.8 Å². The summed E-state index contributed by atoms with van der Waals surface area (Å²) in [6, 6.07) is 8.24. The van der Waals surface area contributed by atoms with Crippen LogP contribution in [-0.2, 0) is 6.18 Å². The minimum Gasteiger partial charge on any atom is -0.453 e. The third-order valence-corrected chi connectivity index (χ3v) is 4.60. The van der Waals surface area contributed by atoms with E-state index in [4.69, 9.17) is 4.42 Å². The summed E-state index contributed by atoms with van der Waals surface area (Å²) < 4.78 is 57.7. The Balaban J connectivity index is 1.65. The number of nitrogens with one attached hydrogen (secondary N) is 1. The second kappa shape index (κ2) is 6.82. The van der Waals surface area contributed by atoms with Gasteiger partial charge in [-0.25, -0.2) is 9.37 Å². The molecule has 28 heavy (non-hydrogen) atoms. The van der Waals surface area contributed by atoms with Crippen LogP contribution in [-0.4, -0.2) is 9.97 Å². The Morgan fingerprint density at radius 3 is 2.54 bits per heavy atom. The van der Waals surface area contributed by atoms with Gasteiger partial charge >= 0.3 is 6.18 Å². The summed E-state index contributed by atoms with van der Waals surface area (Å²) in [6.07, 6.45) is -0.373. The van der Waals surface area contributed by atoms with Gasteiger partial charge in [-0.1, -0.05) is 18.2 Å². The van der Waals surface area contributed by atoms with Gasteiger partial charge < -0.3 is 9.40 Å². The van der Waals surface area contributed by atoms with Crippen LogP contribution in [0, 0.1) is 6.92 Å². The number of nitrogens with zero attached hydrogens (tertiary/aromatic N) is 1. The largest absolute Gasteiger partial charge is 0.453 e. The molecular formula is C21H16F4N2O. The molecule has 0 saturated carbocycles. The molecule has 0 radical (unpaired) electrons. The Labute approximate surface area is 158 Å². The van der Waals surface area contributed by atoms with Gasteiger partial charge in [0.15, 0.2) is 11.6 Å². The van der Waals surface area contributed by atoms with Crippen molar-refractivity contribution in [3.05, 3.63) is 71.3 Å². The Hall–Kier alpha value is -3.09. The second-order valence-corrected chi connectivity index (χ2v) is 6.61. The first-order valence-electron chi connectivity index (χ1n) is 8.71. The fourth-order valence-corrected chi connectivity index (χ4v) is 3.17. The molecule has 0 amide bonds. The van der Waals surface area contributed by atoms with Gasteiger partial charge in [-0.05, 0) is 49.3 Å². The first-order chi connectivity index (χ1) is 13.3. The lowest BCUT2D eigenvalue weighted by molar-refractivity contribution is -0.137. The van der Waals surface area contributed by atoms with Crippen molar-refractivity contribution >= 4 is 5.57 Å². The molecule has 0 saturated heterocycles. The SMILES string of the molecule is Cc1[nH]c(-c2ccc(-c3cccc(C(F)(F)F)c3)o2)nc1C1=CC=C(F)CC1. The normalized spacial score (nSPS) is 14.8. The third-order valence-electron chi connectivity index (χ3n) is 4.60. The number of aryl methyl sites for hydroxylation is 1. The van der Waals surface area contributed by atoms with Crippen molar-refractivity contribution in [1.29, 1.82) is 0 Å². The first-order valence-corrected chi connectivity index (χ1v) is 8.71. The van der Waals surface area contributed by atoms with Crippen LogP contribution in [0.5, 0.6) is 0 Å². The summed E-state index contributed by atoms with van der Waals surface area (Å²) >= 11 is 0. The standard InChI is InChI=1S/C21H16F4N2O/c1-12-19(13-5-7-16(22)8-6-13)27-20(26-12)18-10-9-17(28-18)14-3-2-4-15(11-14)21(23,24)25/h2-5,7,9-11H,6,8H2,1H3,(H,26,27). The van der Waals surface area contributed by atoms with Crippen LogP contribution in [0.25, 0.3) is 28.5 Å². The predicted molar refractivity (Wildman–Crippen MR) is 97.9 cm³/mol. The average molecular weight is 388 g/mol. The molecule has 2 aromatic heterocycles. The van der Waals surface area contributed by atoms with E-state index in [2.05, 4.69) is 9.97 Å². The van der Waals surface area contributed by atoms with Gasteiger partial charge in [-0.15, -0.1) is 0 Å². The van der Waals surface area contributed by atoms with Crippen molar-refractivity contribution in [2.45, 2.75) is 25.9 Å². The van der Waals surface area contributed by atoms with Crippen molar-refractivity contribution in [3.63, 3.8) is 0 Å². The molecular weight excluding hydrogens is 372 g/mol. The zero-order valence-corrected chi connectivity index (χ0v) is 14.9. The van der Waals surface area contributed by atoms with Crippen molar-refractivity contribution in [2.24, 2.45) is 0 Å². The van der Waals surface area contributed by atoms with Crippen molar-refractivity contribution in [3.8, 4) is 22.9 Å². The van der Waals surface area contributed by atoms with Crippen LogP contribution in [0.3, 0.4) is 0 Å². The zero-order chi connectivity index (χ0) is 19.9. The molecule has 144 valence electrons. The lowest BCUT2D eigenvalue weighted by atomic mass is 10.0. The smallest absolute Gasteiger partial charge is 0.416 e. The van der Waals surface area contributed by atoms with Crippen molar-refractivity contribution in [1.82, 2.24) is 9.97 Å². The van der Waals surface area contributed by atoms with E-state index in [9.17, 15) is 17.6 Å². The molecule has 0 aliphatic heterocycles. The molecule has 4 rings (SSSR count). The maximum absolute atomic E-state index is 13.2. The maximum atomic E-state index is 13.2. The third kappa shape index (κ3) is 3.52. The van der Waals surface area contributed by atoms with Gasteiger partial charge in [-0.2, -0.15) is 13.2 Å². The van der Waals surface area contributed by atoms with Gasteiger partial charge in [0.25, 0.3) is 0 Å². The van der Waals surface area contributed by atoms with Crippen LogP contribution in [0.2, 0.25) is 0 Å². The summed E-state index contributed by atoms with van der Waals surface area (Å²) in [4.78, 5) is 7.67. The van der Waals surface area contributed by atoms with Crippen LogP contribution >= 0.6 is 0 Å². The highest BCUT2D eigenvalue weighted by molar-refractivity contribution is 5.70. The Bertz CT molecular complexity index is 1090. The number of halogens is 4. The predicted octanol–water partition coefficient (Wildman–Crippen LogP) is 6.69. The Morgan fingerprint density at radius 1 is 1.04 bits per heavy atom. The molecule has 0 atom stereocenters. The molecule has 0 spiro atoms. The monoisotopic (exact) mass is 388 g/mol. The van der Waals surface area contributed by atoms with Gasteiger partial charge in [0, 0.05) is 17.7 Å². The number of hydrogen-bond acceptors (Lipinski definition) is 2. The zero-order valence-electron chi connectivity index (χ0n) is 14.9. The quantitative estimate of drug-likeness (QED) is 0.508. The number of hydrogen-bond donors (Lipinski definition) is 1. The minimum absolute atomic E-state index is 0.158. The number of furan rings is 1. The number of rotatable bonds is 3. The van der Waals surface area contributed by atoms with Crippen LogP contribution in [0.1, 0.15) is 29.8 Å². The van der Waals surface area contributed by atoms with Crippen LogP contribution < -0.4 is 0 Å². The number of alkyl halides is 3. The molecule has 1 aromatic carbocycles. The summed E-state index contributed by atoms with van der Waals surface area (Å²) in [5, 5.41) is 0. The average Bonchev–Trinajstić information content (AvgIpc) is 3.29. The van der Waals surface area contributed by atoms with Gasteiger partial charge in [0.05, 0.1) is 11.3 Å². The Morgan fingerprint density at radius 2 is 1.82 bits per heavy atom. The fourth-order valence-electron chi connectivity index (χ4n) is 3.17. The molecule has 7 heteroatoms. The number of H-pyrrole nitrogens is 1. The topological polar surface area (TPSA) is 41.8 Å². The van der Waals surface area contributed by atoms with E-state index < -0.39 is 11.7 Å². The van der Waals surface area contributed by atoms with E-state index in [1.54, 1.807) is 24.3 Å². The van der Waals surface area contributed by atoms with E-state index in [1.165, 1.54) is 12.1 Å². The molecule has 3 nitrogen and oxygen atoms in total. The lowest BCUT2D eigenvalue weighted by Gasteiger charge is -2.08. The number of aromatic amines is 1. The number of allylic oxidation sites excluding steroid dienone is 4. The lowest BCUT2D eigenvalue weighted by Crippen LogP contribution is -2.04. The molecule has 3 aromatic rings. The van der Waals surface area contributed by atoms with E-state index in [0.717, 1.165) is 29.1 Å². The molecule has 1 N–H and O–H groups in total. The van der Waals surface area contributed by atoms with Gasteiger partial charge in [-0.3, -0.25) is 0 Å². The van der Waals surface area contributed by atoms with E-state index >= 15 is 0 Å². The Kier molecular flexibility index (Phi) is 4.45. The molecule has 1 aliphatic rings. The van der Waals surface area contributed by atoms with E-state index in [0.29, 0.717) is 35.7 Å². The molecule has 0 fully saturated rings. The fraction of sp³-hybridized carbons (Fsp3) is 0.190. The summed E-state index contributed by atoms with van der Waals surface area (Å²) in [5.41, 5.74) is 2.07. The van der Waals surface area contributed by atoms with Crippen molar-refractivity contribution < 1.29 is 22.0 Å². The van der Waals surface area contributed by atoms with Crippen LogP contribution in [0.4, 0.5) is 17.6 Å². The second-order valence-electron chi connectivity index (χ2n) is 6.61. The maximum Gasteiger partial charge on any atom is 0.416 e. The highest BCUT2D eigenvalue weighted by Gasteiger charge is 2.30. The van der Waals surface area contributed by atoms with Gasteiger partial charge in [0.1, 0.15) is 11.6 Å². The number of aromatic nitrogens is 2. The highest BCUT2D eigenvalue weighted by atomic mass is 19.4. The van der Waals surface area contributed by atoms with E-state index in [1.807, 2.05) is 6.92 Å². The van der Waals surface area contributed by atoms with Crippen molar-refractivity contribution in [2.75, 3.05) is 0 Å². The highest BCUT2D eigenvalue weighted by Crippen LogP contribution is 2.35. The summed E-state index contributed by atoms with van der Waals surface area (Å²) in [6.45, 7) is 1.86. The number of benzene rings is 1. The summed E-state index contributed by atoms with van der Waals surface area (Å²) in [7, 11) is 0. The molecule has 1 aliphatic carbocycles.